The number of hydrogen-bond acceptors (Lipinski definition) is 4. The van der Waals surface area contributed by atoms with Crippen molar-refractivity contribution in [2.75, 3.05) is 11.1 Å². The van der Waals surface area contributed by atoms with Gasteiger partial charge in [-0.2, -0.15) is 0 Å². The third kappa shape index (κ3) is 2.89. The Balaban J connectivity index is 1.74. The number of H-pyrrole nitrogens is 1. The van der Waals surface area contributed by atoms with Gasteiger partial charge >= 0.3 is 0 Å². The summed E-state index contributed by atoms with van der Waals surface area (Å²) in [6, 6.07) is 15.8. The molecule has 1 heterocycles. The van der Waals surface area contributed by atoms with Crippen LogP contribution >= 0.6 is 0 Å². The van der Waals surface area contributed by atoms with Gasteiger partial charge < -0.3 is 11.1 Å². The molecule has 0 saturated heterocycles. The molecule has 4 rings (SSSR count). The van der Waals surface area contributed by atoms with Gasteiger partial charge in [0, 0.05) is 12.2 Å². The molecule has 25 heavy (non-hydrogen) atoms. The fourth-order valence-electron chi connectivity index (χ4n) is 2.91. The lowest BCUT2D eigenvalue weighted by Gasteiger charge is -2.09. The molecule has 5 nitrogen and oxygen atoms in total. The van der Waals surface area contributed by atoms with E-state index in [1.807, 2.05) is 24.3 Å². The van der Waals surface area contributed by atoms with E-state index in [-0.39, 0.29) is 17.3 Å². The summed E-state index contributed by atoms with van der Waals surface area (Å²) in [7, 11) is 0. The van der Waals surface area contributed by atoms with Crippen molar-refractivity contribution in [2.24, 2.45) is 0 Å². The van der Waals surface area contributed by atoms with Gasteiger partial charge in [0.25, 0.3) is 5.56 Å². The highest BCUT2D eigenvalue weighted by Gasteiger charge is 2.08. The third-order valence-corrected chi connectivity index (χ3v) is 4.11. The van der Waals surface area contributed by atoms with Gasteiger partial charge in [-0.05, 0) is 52.7 Å². The number of rotatable bonds is 3. The van der Waals surface area contributed by atoms with E-state index in [0.29, 0.717) is 17.4 Å². The minimum absolute atomic E-state index is 0.103. The molecule has 0 spiro atoms. The van der Waals surface area contributed by atoms with Gasteiger partial charge in [-0.3, -0.25) is 9.78 Å². The first kappa shape index (κ1) is 15.1. The summed E-state index contributed by atoms with van der Waals surface area (Å²) in [4.78, 5) is 19.0. The number of anilines is 2. The highest BCUT2D eigenvalue weighted by molar-refractivity contribution is 6.06. The first-order chi connectivity index (χ1) is 12.1. The highest BCUT2D eigenvalue weighted by Crippen LogP contribution is 2.23. The molecule has 0 aliphatic carbocycles. The Labute approximate surface area is 142 Å². The first-order valence-electron chi connectivity index (χ1n) is 7.81. The lowest BCUT2D eigenvalue weighted by Crippen LogP contribution is -2.11. The summed E-state index contributed by atoms with van der Waals surface area (Å²) >= 11 is 0. The van der Waals surface area contributed by atoms with Crippen LogP contribution in [-0.4, -0.2) is 9.97 Å². The monoisotopic (exact) mass is 334 g/mol. The van der Waals surface area contributed by atoms with Crippen LogP contribution in [0.15, 0.2) is 59.4 Å². The zero-order chi connectivity index (χ0) is 17.4. The van der Waals surface area contributed by atoms with Gasteiger partial charge in [0.15, 0.2) is 0 Å². The fraction of sp³-hybridized carbons (Fsp3) is 0.0526. The standard InChI is InChI=1S/C19H15FN4O/c20-13-4-6-14(7-5-13)22-10-11-1-2-12-3-8-16-17(15(12)9-11)18(25)24-19(21)23-16/h1-9,22H,10H2,(H3,21,23,24,25). The van der Waals surface area contributed by atoms with Crippen LogP contribution in [0, 0.1) is 5.82 Å². The second kappa shape index (κ2) is 5.90. The predicted molar refractivity (Wildman–Crippen MR) is 98.0 cm³/mol. The minimum atomic E-state index is -0.270. The quantitative estimate of drug-likeness (QED) is 0.501. The molecule has 124 valence electrons. The summed E-state index contributed by atoms with van der Waals surface area (Å²) in [5.41, 5.74) is 7.76. The molecule has 1 aromatic heterocycles. The minimum Gasteiger partial charge on any atom is -0.381 e. The maximum Gasteiger partial charge on any atom is 0.260 e. The number of nitrogens with one attached hydrogen (secondary N) is 2. The topological polar surface area (TPSA) is 83.8 Å². The zero-order valence-electron chi connectivity index (χ0n) is 13.2. The summed E-state index contributed by atoms with van der Waals surface area (Å²) < 4.78 is 13.0. The molecular weight excluding hydrogens is 319 g/mol. The molecule has 0 atom stereocenters. The molecule has 6 heteroatoms. The van der Waals surface area contributed by atoms with E-state index in [0.717, 1.165) is 22.0 Å². The summed E-state index contributed by atoms with van der Waals surface area (Å²) in [6.07, 6.45) is 0. The molecule has 0 unspecified atom stereocenters. The Hall–Kier alpha value is -3.41. The van der Waals surface area contributed by atoms with Crippen LogP contribution in [-0.2, 0) is 6.54 Å². The molecule has 0 fully saturated rings. The Morgan fingerprint density at radius 2 is 1.84 bits per heavy atom. The lowest BCUT2D eigenvalue weighted by molar-refractivity contribution is 0.628. The van der Waals surface area contributed by atoms with Crippen molar-refractivity contribution in [2.45, 2.75) is 6.54 Å². The van der Waals surface area contributed by atoms with E-state index < -0.39 is 0 Å². The molecule has 0 amide bonds. The van der Waals surface area contributed by atoms with Crippen LogP contribution in [0.5, 0.6) is 0 Å². The highest BCUT2D eigenvalue weighted by atomic mass is 19.1. The van der Waals surface area contributed by atoms with Crippen molar-refractivity contribution >= 4 is 33.3 Å². The van der Waals surface area contributed by atoms with Crippen molar-refractivity contribution < 1.29 is 4.39 Å². The molecular formula is C19H15FN4O. The number of benzene rings is 3. The Bertz CT molecular complexity index is 1140. The van der Waals surface area contributed by atoms with Crippen molar-refractivity contribution in [1.29, 1.82) is 0 Å². The number of nitrogen functional groups attached to an aromatic ring is 1. The molecule has 4 aromatic rings. The molecule has 0 bridgehead atoms. The second-order valence-corrected chi connectivity index (χ2v) is 5.83. The number of nitrogens with zero attached hydrogens (tertiary/aromatic N) is 1. The van der Waals surface area contributed by atoms with Crippen LogP contribution < -0.4 is 16.6 Å². The summed E-state index contributed by atoms with van der Waals surface area (Å²) in [5.74, 6) is -0.167. The molecule has 0 aliphatic heterocycles. The smallest absolute Gasteiger partial charge is 0.260 e. The number of fused-ring (bicyclic) bond motifs is 3. The van der Waals surface area contributed by atoms with Crippen molar-refractivity contribution in [3.8, 4) is 0 Å². The number of nitrogens with two attached hydrogens (primary N) is 1. The van der Waals surface area contributed by atoms with Gasteiger partial charge in [-0.15, -0.1) is 0 Å². The van der Waals surface area contributed by atoms with Gasteiger partial charge in [0.05, 0.1) is 10.9 Å². The second-order valence-electron chi connectivity index (χ2n) is 5.83. The largest absolute Gasteiger partial charge is 0.381 e. The molecule has 0 saturated carbocycles. The van der Waals surface area contributed by atoms with Crippen LogP contribution in [0.3, 0.4) is 0 Å². The number of aromatic amines is 1. The van der Waals surface area contributed by atoms with Crippen LogP contribution in [0.25, 0.3) is 21.7 Å². The van der Waals surface area contributed by atoms with E-state index in [9.17, 15) is 9.18 Å². The summed E-state index contributed by atoms with van der Waals surface area (Å²) in [6.45, 7) is 0.554. The van der Waals surface area contributed by atoms with E-state index in [1.54, 1.807) is 18.2 Å². The van der Waals surface area contributed by atoms with E-state index in [4.69, 9.17) is 5.73 Å². The average molecular weight is 334 g/mol. The van der Waals surface area contributed by atoms with E-state index >= 15 is 0 Å². The van der Waals surface area contributed by atoms with Crippen LogP contribution in [0.4, 0.5) is 16.0 Å². The van der Waals surface area contributed by atoms with Crippen LogP contribution in [0.2, 0.25) is 0 Å². The Morgan fingerprint density at radius 3 is 2.64 bits per heavy atom. The SMILES string of the molecule is Nc1nc2ccc3ccc(CNc4ccc(F)cc4)cc3c2c(=O)[nH]1. The fourth-order valence-corrected chi connectivity index (χ4v) is 2.91. The summed E-state index contributed by atoms with van der Waals surface area (Å²) in [5, 5.41) is 5.54. The average Bonchev–Trinajstić information content (AvgIpc) is 2.60. The maximum atomic E-state index is 13.0. The molecule has 0 aliphatic rings. The Morgan fingerprint density at radius 1 is 1.08 bits per heavy atom. The van der Waals surface area contributed by atoms with Gasteiger partial charge in [0.2, 0.25) is 5.95 Å². The van der Waals surface area contributed by atoms with Gasteiger partial charge in [-0.25, -0.2) is 9.37 Å². The normalized spacial score (nSPS) is 11.1. The van der Waals surface area contributed by atoms with Gasteiger partial charge in [0.1, 0.15) is 5.82 Å². The van der Waals surface area contributed by atoms with Crippen LogP contribution in [0.1, 0.15) is 5.56 Å². The first-order valence-corrected chi connectivity index (χ1v) is 7.81. The number of hydrogen-bond donors (Lipinski definition) is 3. The van der Waals surface area contributed by atoms with Crippen molar-refractivity contribution in [3.05, 3.63) is 76.3 Å². The maximum absolute atomic E-state index is 13.0. The molecule has 3 aromatic carbocycles. The van der Waals surface area contributed by atoms with Crippen molar-refractivity contribution in [3.63, 3.8) is 0 Å². The Kier molecular flexibility index (Phi) is 3.57. The number of halogens is 1. The van der Waals surface area contributed by atoms with Crippen molar-refractivity contribution in [1.82, 2.24) is 9.97 Å². The van der Waals surface area contributed by atoms with E-state index in [1.165, 1.54) is 12.1 Å². The lowest BCUT2D eigenvalue weighted by atomic mass is 10.0. The third-order valence-electron chi connectivity index (χ3n) is 4.11. The van der Waals surface area contributed by atoms with Gasteiger partial charge in [-0.1, -0.05) is 18.2 Å². The molecule has 4 N–H and O–H groups in total. The van der Waals surface area contributed by atoms with E-state index in [2.05, 4.69) is 15.3 Å². The molecule has 0 radical (unpaired) electrons. The number of aromatic nitrogens is 2. The zero-order valence-corrected chi connectivity index (χ0v) is 13.2. The predicted octanol–water partition coefficient (Wildman–Crippen LogP) is 3.41.